The van der Waals surface area contributed by atoms with Gasteiger partial charge in [-0.3, -0.25) is 0 Å². The minimum Gasteiger partial charge on any atom is -0.229 e. The quantitative estimate of drug-likeness (QED) is 0.0627. The fourth-order valence-corrected chi connectivity index (χ4v) is 10.9. The molecule has 1 N–H and O–H groups in total. The second-order valence-electron chi connectivity index (χ2n) is 10.5. The molecule has 0 bridgehead atoms. The van der Waals surface area contributed by atoms with Crippen LogP contribution in [0.15, 0.2) is 0 Å². The van der Waals surface area contributed by atoms with E-state index in [0.29, 0.717) is 0 Å². The maximum Gasteiger partial charge on any atom is 0.190 e. The molecule has 0 aliphatic carbocycles. The Hall–Kier alpha value is -0.790. The van der Waals surface area contributed by atoms with Crippen LogP contribution in [-0.2, 0) is 0 Å². The number of hydrogen-bond donors (Lipinski definition) is 1. The van der Waals surface area contributed by atoms with Gasteiger partial charge in [-0.15, -0.1) is 0 Å². The molecule has 0 atom stereocenters. The van der Waals surface area contributed by atoms with Crippen LogP contribution in [0.4, 0.5) is 0 Å². The Morgan fingerprint density at radius 2 is 0.676 bits per heavy atom. The molecule has 34 heavy (non-hydrogen) atoms. The van der Waals surface area contributed by atoms with Gasteiger partial charge in [-0.2, -0.15) is 10.5 Å². The summed E-state index contributed by atoms with van der Waals surface area (Å²) in [5.41, 5.74) is 0. The summed E-state index contributed by atoms with van der Waals surface area (Å²) in [5, 5.41) is 16.7. The van der Waals surface area contributed by atoms with Crippen LogP contribution in [0.2, 0.25) is 0 Å². The summed E-state index contributed by atoms with van der Waals surface area (Å²) in [5.74, 6) is 0. The second kappa shape index (κ2) is 30.2. The summed E-state index contributed by atoms with van der Waals surface area (Å²) in [4.78, 5) is 0. The van der Waals surface area contributed by atoms with E-state index in [9.17, 15) is 0 Å². The second-order valence-corrected chi connectivity index (χ2v) is 15.5. The number of nitriles is 2. The van der Waals surface area contributed by atoms with Crippen molar-refractivity contribution in [3.05, 3.63) is 0 Å². The number of hydrogen-bond acceptors (Lipinski definition) is 3. The van der Waals surface area contributed by atoms with Crippen LogP contribution < -0.4 is 5.32 Å². The SMILES string of the molecule is CCCCCCCCCCCCCCCC[PH](CCCC)(CCCC)CCCC.N#CNC#N. The summed E-state index contributed by atoms with van der Waals surface area (Å²) in [6, 6.07) is 0. The van der Waals surface area contributed by atoms with Crippen molar-refractivity contribution in [2.45, 2.75) is 156 Å². The largest absolute Gasteiger partial charge is 0.229 e. The molecule has 0 unspecified atom stereocenters. The molecule has 0 amide bonds. The molecule has 0 aliphatic rings. The molecule has 3 nitrogen and oxygen atoms in total. The summed E-state index contributed by atoms with van der Waals surface area (Å²) in [6.07, 6.45) is 39.0. The molecule has 0 aromatic rings. The van der Waals surface area contributed by atoms with Crippen LogP contribution in [0.5, 0.6) is 0 Å². The van der Waals surface area contributed by atoms with Crippen LogP contribution in [0.25, 0.3) is 0 Å². The van der Waals surface area contributed by atoms with Crippen molar-refractivity contribution >= 4 is 7.26 Å². The van der Waals surface area contributed by atoms with E-state index in [-0.39, 0.29) is 0 Å². The molecule has 0 fully saturated rings. The van der Waals surface area contributed by atoms with Crippen LogP contribution in [0.3, 0.4) is 0 Å². The minimum absolute atomic E-state index is 0.961. The molecule has 0 heterocycles. The zero-order valence-electron chi connectivity index (χ0n) is 23.9. The Morgan fingerprint density at radius 1 is 0.412 bits per heavy atom. The molecule has 0 saturated carbocycles. The van der Waals surface area contributed by atoms with Crippen LogP contribution in [0.1, 0.15) is 156 Å². The number of rotatable bonds is 24. The van der Waals surface area contributed by atoms with Crippen molar-refractivity contribution in [2.75, 3.05) is 24.6 Å². The summed E-state index contributed by atoms with van der Waals surface area (Å²) < 4.78 is 0. The van der Waals surface area contributed by atoms with E-state index in [1.54, 1.807) is 36.4 Å². The molecule has 0 aromatic heterocycles. The Labute approximate surface area is 216 Å². The molecule has 4 heteroatoms. The first-order chi connectivity index (χ1) is 16.7. The fourth-order valence-electron chi connectivity index (χ4n) is 5.12. The Kier molecular flexibility index (Phi) is 31.5. The third kappa shape index (κ3) is 25.8. The van der Waals surface area contributed by atoms with Gasteiger partial charge in [-0.1, -0.05) is 26.2 Å². The van der Waals surface area contributed by atoms with Crippen molar-refractivity contribution in [1.29, 1.82) is 10.5 Å². The molecule has 0 aliphatic heterocycles. The standard InChI is InChI=1S/C28H61P.C2HN3/c1-5-9-13-14-15-16-17-18-19-20-21-22-23-24-28-29(25-10-6-2,26-11-7-3)27-12-8-4;3-1-5-2-4/h29H,5-28H2,1-4H3;5H. The van der Waals surface area contributed by atoms with Gasteiger partial charge < -0.3 is 0 Å². The maximum absolute atomic E-state index is 7.48. The van der Waals surface area contributed by atoms with Gasteiger partial charge in [0, 0.05) is 0 Å². The Balaban J connectivity index is 0. The van der Waals surface area contributed by atoms with Gasteiger partial charge in [-0.05, 0) is 0 Å². The smallest absolute Gasteiger partial charge is 0.190 e. The minimum atomic E-state index is -0.961. The molecule has 0 rings (SSSR count). The summed E-state index contributed by atoms with van der Waals surface area (Å²) >= 11 is 0. The van der Waals surface area contributed by atoms with E-state index in [1.165, 1.54) is 134 Å². The van der Waals surface area contributed by atoms with Crippen molar-refractivity contribution in [1.82, 2.24) is 5.32 Å². The summed E-state index contributed by atoms with van der Waals surface area (Å²) in [7, 11) is -0.961. The van der Waals surface area contributed by atoms with Gasteiger partial charge >= 0.3 is 162 Å². The first-order valence-corrected chi connectivity index (χ1v) is 18.0. The topological polar surface area (TPSA) is 59.6 Å². The Bertz CT molecular complexity index is 433. The third-order valence-electron chi connectivity index (χ3n) is 7.35. The van der Waals surface area contributed by atoms with E-state index in [4.69, 9.17) is 10.5 Å². The van der Waals surface area contributed by atoms with Crippen LogP contribution >= 0.6 is 7.26 Å². The predicted molar refractivity (Wildman–Crippen MR) is 157 cm³/mol. The maximum atomic E-state index is 7.48. The van der Waals surface area contributed by atoms with Gasteiger partial charge in [0.15, 0.2) is 12.4 Å². The van der Waals surface area contributed by atoms with Gasteiger partial charge in [-0.25, -0.2) is 5.32 Å². The van der Waals surface area contributed by atoms with Gasteiger partial charge in [0.1, 0.15) is 0 Å². The third-order valence-corrected chi connectivity index (χ3v) is 13.0. The average Bonchev–Trinajstić information content (AvgIpc) is 2.85. The van der Waals surface area contributed by atoms with Gasteiger partial charge in [0.2, 0.25) is 0 Å². The van der Waals surface area contributed by atoms with E-state index in [1.807, 2.05) is 0 Å². The van der Waals surface area contributed by atoms with E-state index in [0.717, 1.165) is 0 Å². The molecule has 202 valence electrons. The fraction of sp³-hybridized carbons (Fsp3) is 0.933. The van der Waals surface area contributed by atoms with E-state index in [2.05, 4.69) is 27.7 Å². The first kappa shape index (κ1) is 35.4. The van der Waals surface area contributed by atoms with Crippen molar-refractivity contribution in [3.8, 4) is 12.4 Å². The number of nitrogens with one attached hydrogen (secondary N) is 1. The number of unbranched alkanes of at least 4 members (excludes halogenated alkanes) is 16. The zero-order valence-corrected chi connectivity index (χ0v) is 24.9. The molecule has 0 radical (unpaired) electrons. The average molecular weight is 496 g/mol. The van der Waals surface area contributed by atoms with Crippen molar-refractivity contribution in [3.63, 3.8) is 0 Å². The molecule has 0 aromatic carbocycles. The van der Waals surface area contributed by atoms with Crippen molar-refractivity contribution in [2.24, 2.45) is 0 Å². The Morgan fingerprint density at radius 3 is 0.941 bits per heavy atom. The molecular formula is C30H62N3P. The normalized spacial score (nSPS) is 11.2. The predicted octanol–water partition coefficient (Wildman–Crippen LogP) is 10.2. The van der Waals surface area contributed by atoms with E-state index >= 15 is 0 Å². The van der Waals surface area contributed by atoms with Gasteiger partial charge in [0.25, 0.3) is 0 Å². The monoisotopic (exact) mass is 495 g/mol. The molecule has 0 spiro atoms. The van der Waals surface area contributed by atoms with Crippen LogP contribution in [0, 0.1) is 22.9 Å². The number of nitrogens with zero attached hydrogens (tertiary/aromatic N) is 2. The molecule has 0 saturated heterocycles. The van der Waals surface area contributed by atoms with Crippen LogP contribution in [-0.4, -0.2) is 24.6 Å². The van der Waals surface area contributed by atoms with Crippen molar-refractivity contribution < 1.29 is 0 Å². The zero-order chi connectivity index (χ0) is 25.6. The van der Waals surface area contributed by atoms with Gasteiger partial charge in [0.05, 0.1) is 0 Å². The first-order valence-electron chi connectivity index (χ1n) is 15.2. The summed E-state index contributed by atoms with van der Waals surface area (Å²) in [6.45, 7) is 9.49. The van der Waals surface area contributed by atoms with E-state index < -0.39 is 7.26 Å². The molecular weight excluding hydrogens is 433 g/mol.